The third-order valence-corrected chi connectivity index (χ3v) is 2.09. The number of halogens is 2. The molecule has 1 aromatic carbocycles. The molecule has 0 bridgehead atoms. The molecule has 0 unspecified atom stereocenters. The van der Waals surface area contributed by atoms with Gasteiger partial charge in [-0.2, -0.15) is 0 Å². The van der Waals surface area contributed by atoms with Crippen LogP contribution in [0.1, 0.15) is 5.69 Å². The van der Waals surface area contributed by atoms with Gasteiger partial charge in [-0.1, -0.05) is 30.3 Å². The first-order valence-electron chi connectivity index (χ1n) is 4.69. The number of aromatic amines is 1. The first kappa shape index (κ1) is 15.0. The third-order valence-electron chi connectivity index (χ3n) is 2.09. The maximum absolute atomic E-state index is 5.46. The van der Waals surface area contributed by atoms with Crippen molar-refractivity contribution in [2.24, 2.45) is 5.73 Å². The molecule has 3 nitrogen and oxygen atoms in total. The van der Waals surface area contributed by atoms with Gasteiger partial charge in [-0.05, 0) is 6.54 Å². The highest BCUT2D eigenvalue weighted by atomic mass is 35.5. The maximum atomic E-state index is 5.46. The van der Waals surface area contributed by atoms with Crippen LogP contribution in [0.4, 0.5) is 0 Å². The van der Waals surface area contributed by atoms with E-state index in [1.165, 1.54) is 0 Å². The molecule has 1 heterocycles. The number of rotatable bonds is 3. The van der Waals surface area contributed by atoms with Gasteiger partial charge in [0.25, 0.3) is 0 Å². The molecule has 0 saturated carbocycles. The van der Waals surface area contributed by atoms with Crippen LogP contribution >= 0.6 is 24.8 Å². The van der Waals surface area contributed by atoms with Crippen molar-refractivity contribution >= 4 is 24.8 Å². The number of benzene rings is 1. The Morgan fingerprint density at radius 3 is 2.44 bits per heavy atom. The predicted molar refractivity (Wildman–Crippen MR) is 71.3 cm³/mol. The fourth-order valence-electron chi connectivity index (χ4n) is 1.38. The fraction of sp³-hybridized carbons (Fsp3) is 0.182. The van der Waals surface area contributed by atoms with Crippen molar-refractivity contribution < 1.29 is 0 Å². The second kappa shape index (κ2) is 7.28. The van der Waals surface area contributed by atoms with Crippen molar-refractivity contribution in [2.45, 2.75) is 6.42 Å². The molecule has 2 rings (SSSR count). The van der Waals surface area contributed by atoms with Gasteiger partial charge >= 0.3 is 0 Å². The summed E-state index contributed by atoms with van der Waals surface area (Å²) in [6.07, 6.45) is 2.69. The number of nitrogens with one attached hydrogen (secondary N) is 1. The normalized spacial score (nSPS) is 9.06. The first-order valence-corrected chi connectivity index (χ1v) is 4.69. The summed E-state index contributed by atoms with van der Waals surface area (Å²) in [5.41, 5.74) is 7.66. The van der Waals surface area contributed by atoms with E-state index in [0.29, 0.717) is 6.54 Å². The third kappa shape index (κ3) is 3.52. The Morgan fingerprint density at radius 1 is 1.12 bits per heavy atom. The molecule has 0 atom stereocenters. The molecule has 0 fully saturated rings. The van der Waals surface area contributed by atoms with Gasteiger partial charge in [-0.3, -0.25) is 0 Å². The highest BCUT2D eigenvalue weighted by Gasteiger charge is 2.01. The maximum Gasteiger partial charge on any atom is 0.137 e. The van der Waals surface area contributed by atoms with Crippen molar-refractivity contribution in [3.8, 4) is 11.4 Å². The molecule has 5 heteroatoms. The highest BCUT2D eigenvalue weighted by molar-refractivity contribution is 5.85. The number of aromatic nitrogens is 2. The predicted octanol–water partition coefficient (Wildman–Crippen LogP) is 2.42. The SMILES string of the molecule is Cl.Cl.NCCc1cnc(-c2ccccc2)[nH]1. The number of imidazole rings is 1. The summed E-state index contributed by atoms with van der Waals surface area (Å²) in [6.45, 7) is 0.649. The van der Waals surface area contributed by atoms with E-state index in [0.717, 1.165) is 23.5 Å². The minimum atomic E-state index is 0. The highest BCUT2D eigenvalue weighted by Crippen LogP contribution is 2.14. The Hall–Kier alpha value is -1.03. The van der Waals surface area contributed by atoms with E-state index in [1.54, 1.807) is 0 Å². The lowest BCUT2D eigenvalue weighted by Gasteiger charge is -1.95. The van der Waals surface area contributed by atoms with Crippen LogP contribution in [0.25, 0.3) is 11.4 Å². The Balaban J connectivity index is 0.00000112. The van der Waals surface area contributed by atoms with Crippen molar-refractivity contribution in [1.82, 2.24) is 9.97 Å². The summed E-state index contributed by atoms with van der Waals surface area (Å²) in [4.78, 5) is 7.53. The Labute approximate surface area is 107 Å². The van der Waals surface area contributed by atoms with Gasteiger partial charge in [-0.15, -0.1) is 24.8 Å². The van der Waals surface area contributed by atoms with Crippen LogP contribution in [0.3, 0.4) is 0 Å². The zero-order valence-corrected chi connectivity index (χ0v) is 10.4. The number of hydrogen-bond acceptors (Lipinski definition) is 2. The molecule has 0 saturated heterocycles. The van der Waals surface area contributed by atoms with Gasteiger partial charge in [0, 0.05) is 23.9 Å². The number of H-pyrrole nitrogens is 1. The fourth-order valence-corrected chi connectivity index (χ4v) is 1.38. The molecule has 0 radical (unpaired) electrons. The Morgan fingerprint density at radius 2 is 1.81 bits per heavy atom. The van der Waals surface area contributed by atoms with E-state index in [2.05, 4.69) is 9.97 Å². The molecule has 0 aliphatic carbocycles. The Kier molecular flexibility index (Phi) is 6.81. The molecule has 16 heavy (non-hydrogen) atoms. The van der Waals surface area contributed by atoms with Gasteiger partial charge in [0.2, 0.25) is 0 Å². The average molecular weight is 260 g/mol. The van der Waals surface area contributed by atoms with E-state index in [9.17, 15) is 0 Å². The van der Waals surface area contributed by atoms with Crippen LogP contribution < -0.4 is 5.73 Å². The second-order valence-corrected chi connectivity index (χ2v) is 3.16. The van der Waals surface area contributed by atoms with Gasteiger partial charge in [0.1, 0.15) is 5.82 Å². The number of hydrogen-bond donors (Lipinski definition) is 2. The van der Waals surface area contributed by atoms with Crippen LogP contribution in [0.2, 0.25) is 0 Å². The van der Waals surface area contributed by atoms with Crippen LogP contribution in [0.5, 0.6) is 0 Å². The van der Waals surface area contributed by atoms with Crippen molar-refractivity contribution in [1.29, 1.82) is 0 Å². The van der Waals surface area contributed by atoms with Gasteiger partial charge in [0.05, 0.1) is 0 Å². The van der Waals surface area contributed by atoms with Crippen molar-refractivity contribution in [3.05, 3.63) is 42.2 Å². The zero-order chi connectivity index (χ0) is 9.80. The van der Waals surface area contributed by atoms with E-state index in [1.807, 2.05) is 36.5 Å². The molecule has 0 aliphatic rings. The topological polar surface area (TPSA) is 54.7 Å². The molecule has 3 N–H and O–H groups in total. The molecule has 0 amide bonds. The summed E-state index contributed by atoms with van der Waals surface area (Å²) in [5.74, 6) is 0.911. The number of nitrogens with zero attached hydrogens (tertiary/aromatic N) is 1. The van der Waals surface area contributed by atoms with Crippen LogP contribution in [0, 0.1) is 0 Å². The van der Waals surface area contributed by atoms with Crippen molar-refractivity contribution in [3.63, 3.8) is 0 Å². The molecule has 1 aromatic heterocycles. The quantitative estimate of drug-likeness (QED) is 0.890. The first-order chi connectivity index (χ1) is 6.90. The largest absolute Gasteiger partial charge is 0.342 e. The molecule has 88 valence electrons. The standard InChI is InChI=1S/C11H13N3.2ClH/c12-7-6-10-8-13-11(14-10)9-4-2-1-3-5-9;;/h1-5,8H,6-7,12H2,(H,13,14);2*1H. The summed E-state index contributed by atoms with van der Waals surface area (Å²) in [5, 5.41) is 0. The minimum absolute atomic E-state index is 0. The summed E-state index contributed by atoms with van der Waals surface area (Å²) >= 11 is 0. The molecule has 0 spiro atoms. The van der Waals surface area contributed by atoms with Crippen LogP contribution in [-0.2, 0) is 6.42 Å². The lowest BCUT2D eigenvalue weighted by Crippen LogP contribution is -2.02. The van der Waals surface area contributed by atoms with Gasteiger partial charge in [-0.25, -0.2) is 4.98 Å². The van der Waals surface area contributed by atoms with E-state index in [4.69, 9.17) is 5.73 Å². The van der Waals surface area contributed by atoms with E-state index in [-0.39, 0.29) is 24.8 Å². The average Bonchev–Trinajstić information content (AvgIpc) is 2.68. The van der Waals surface area contributed by atoms with Crippen LogP contribution in [-0.4, -0.2) is 16.5 Å². The summed E-state index contributed by atoms with van der Waals surface area (Å²) < 4.78 is 0. The van der Waals surface area contributed by atoms with E-state index < -0.39 is 0 Å². The summed E-state index contributed by atoms with van der Waals surface area (Å²) in [7, 11) is 0. The Bertz CT molecular complexity index is 401. The van der Waals surface area contributed by atoms with Crippen LogP contribution in [0.15, 0.2) is 36.5 Å². The molecule has 2 aromatic rings. The summed E-state index contributed by atoms with van der Waals surface area (Å²) in [6, 6.07) is 10.1. The smallest absolute Gasteiger partial charge is 0.137 e. The molecular formula is C11H15Cl2N3. The lowest BCUT2D eigenvalue weighted by molar-refractivity contribution is 0.936. The molecular weight excluding hydrogens is 245 g/mol. The van der Waals surface area contributed by atoms with Gasteiger partial charge in [0.15, 0.2) is 0 Å². The zero-order valence-electron chi connectivity index (χ0n) is 8.72. The van der Waals surface area contributed by atoms with Gasteiger partial charge < -0.3 is 10.7 Å². The number of nitrogens with two attached hydrogens (primary N) is 1. The molecule has 0 aliphatic heterocycles. The van der Waals surface area contributed by atoms with E-state index >= 15 is 0 Å². The van der Waals surface area contributed by atoms with Crippen molar-refractivity contribution in [2.75, 3.05) is 6.54 Å². The minimum Gasteiger partial charge on any atom is -0.342 e. The lowest BCUT2D eigenvalue weighted by atomic mass is 10.2. The monoisotopic (exact) mass is 259 g/mol. The second-order valence-electron chi connectivity index (χ2n) is 3.16.